The van der Waals surface area contributed by atoms with E-state index in [0.29, 0.717) is 5.69 Å². The van der Waals surface area contributed by atoms with Gasteiger partial charge < -0.3 is 5.73 Å². The van der Waals surface area contributed by atoms with Gasteiger partial charge in [0.2, 0.25) is 0 Å². The normalized spacial score (nSPS) is 10.8. The Kier molecular flexibility index (Phi) is 3.43. The third kappa shape index (κ3) is 2.40. The fourth-order valence-electron chi connectivity index (χ4n) is 2.31. The molecule has 0 spiro atoms. The maximum absolute atomic E-state index is 12.4. The second-order valence-electron chi connectivity index (χ2n) is 4.84. The number of aromatic nitrogens is 2. The summed E-state index contributed by atoms with van der Waals surface area (Å²) >= 11 is 3.42. The smallest absolute Gasteiger partial charge is 0.295 e. The predicted octanol–water partition coefficient (Wildman–Crippen LogP) is 3.49. The molecule has 3 aromatic rings. The number of aromatic amines is 1. The Labute approximate surface area is 130 Å². The predicted molar refractivity (Wildman–Crippen MR) is 88.7 cm³/mol. The summed E-state index contributed by atoms with van der Waals surface area (Å²) in [5.74, 6) is 0. The summed E-state index contributed by atoms with van der Waals surface area (Å²) in [4.78, 5) is 12.4. The molecule has 1 aromatic heterocycles. The summed E-state index contributed by atoms with van der Waals surface area (Å²) < 4.78 is 2.46. The van der Waals surface area contributed by atoms with Gasteiger partial charge in [-0.3, -0.25) is 9.89 Å². The van der Waals surface area contributed by atoms with Gasteiger partial charge in [-0.1, -0.05) is 46.3 Å². The van der Waals surface area contributed by atoms with Crippen LogP contribution >= 0.6 is 15.9 Å². The molecule has 2 aromatic carbocycles. The van der Waals surface area contributed by atoms with E-state index in [1.54, 1.807) is 0 Å². The maximum atomic E-state index is 12.4. The minimum Gasteiger partial charge on any atom is -0.392 e. The third-order valence-electron chi connectivity index (χ3n) is 3.39. The highest BCUT2D eigenvalue weighted by atomic mass is 79.9. The van der Waals surface area contributed by atoms with Crippen molar-refractivity contribution in [1.29, 1.82) is 0 Å². The molecular formula is C16H14BrN3O. The number of rotatable bonds is 2. The summed E-state index contributed by atoms with van der Waals surface area (Å²) in [5.41, 5.74) is 9.27. The number of hydrogen-bond acceptors (Lipinski definition) is 2. The van der Waals surface area contributed by atoms with Crippen molar-refractivity contribution < 1.29 is 0 Å². The fourth-order valence-corrected chi connectivity index (χ4v) is 2.79. The van der Waals surface area contributed by atoms with Crippen LogP contribution in [0.15, 0.2) is 57.8 Å². The molecule has 0 amide bonds. The number of aryl methyl sites for hydroxylation is 1. The lowest BCUT2D eigenvalue weighted by Crippen LogP contribution is -2.17. The van der Waals surface area contributed by atoms with E-state index in [9.17, 15) is 4.79 Å². The second kappa shape index (κ2) is 5.26. The molecule has 1 heterocycles. The lowest BCUT2D eigenvalue weighted by molar-refractivity contribution is 0.845. The zero-order valence-corrected chi connectivity index (χ0v) is 13.0. The van der Waals surface area contributed by atoms with Crippen LogP contribution in [-0.2, 0) is 0 Å². The van der Waals surface area contributed by atoms with Crippen LogP contribution in [-0.4, -0.2) is 9.78 Å². The van der Waals surface area contributed by atoms with Crippen molar-refractivity contribution in [2.75, 3.05) is 5.73 Å². The van der Waals surface area contributed by atoms with Crippen molar-refractivity contribution in [1.82, 2.24) is 9.78 Å². The van der Waals surface area contributed by atoms with Crippen molar-refractivity contribution in [2.24, 2.45) is 0 Å². The van der Waals surface area contributed by atoms with E-state index >= 15 is 0 Å². The molecule has 0 unspecified atom stereocenters. The monoisotopic (exact) mass is 343 g/mol. The van der Waals surface area contributed by atoms with Crippen molar-refractivity contribution in [2.45, 2.75) is 6.92 Å². The number of nitrogen functional groups attached to an aromatic ring is 1. The topological polar surface area (TPSA) is 63.8 Å². The molecule has 0 aliphatic carbocycles. The molecule has 0 radical (unpaired) electrons. The van der Waals surface area contributed by atoms with E-state index in [1.807, 2.05) is 55.5 Å². The van der Waals surface area contributed by atoms with E-state index in [2.05, 4.69) is 21.0 Å². The molecule has 0 aliphatic rings. The fraction of sp³-hybridized carbons (Fsp3) is 0.0625. The van der Waals surface area contributed by atoms with Gasteiger partial charge in [-0.15, -0.1) is 0 Å². The SMILES string of the molecule is Cc1cc(Br)ccc1-n1[nH]c(-c2ccccc2)c(N)c1=O. The van der Waals surface area contributed by atoms with E-state index in [1.165, 1.54) is 4.68 Å². The van der Waals surface area contributed by atoms with Crippen LogP contribution in [0.2, 0.25) is 0 Å². The molecule has 0 saturated heterocycles. The summed E-state index contributed by atoms with van der Waals surface area (Å²) in [5, 5.41) is 3.11. The van der Waals surface area contributed by atoms with Gasteiger partial charge in [-0.05, 0) is 30.7 Å². The Morgan fingerprint density at radius 3 is 2.52 bits per heavy atom. The summed E-state index contributed by atoms with van der Waals surface area (Å²) in [6.07, 6.45) is 0. The van der Waals surface area contributed by atoms with Gasteiger partial charge in [0.1, 0.15) is 5.69 Å². The largest absolute Gasteiger partial charge is 0.392 e. The molecule has 0 atom stereocenters. The first-order chi connectivity index (χ1) is 10.1. The number of nitrogens with zero attached hydrogens (tertiary/aromatic N) is 1. The third-order valence-corrected chi connectivity index (χ3v) is 3.88. The summed E-state index contributed by atoms with van der Waals surface area (Å²) in [6, 6.07) is 15.3. The Balaban J connectivity index is 2.20. The molecule has 106 valence electrons. The Morgan fingerprint density at radius 2 is 1.86 bits per heavy atom. The Bertz CT molecular complexity index is 850. The Morgan fingerprint density at radius 1 is 1.14 bits per heavy atom. The van der Waals surface area contributed by atoms with E-state index in [-0.39, 0.29) is 11.2 Å². The van der Waals surface area contributed by atoms with Crippen LogP contribution < -0.4 is 11.3 Å². The molecule has 3 N–H and O–H groups in total. The van der Waals surface area contributed by atoms with Gasteiger partial charge in [0.15, 0.2) is 0 Å². The molecular weight excluding hydrogens is 330 g/mol. The first kappa shape index (κ1) is 13.7. The highest BCUT2D eigenvalue weighted by Gasteiger charge is 2.14. The lowest BCUT2D eigenvalue weighted by atomic mass is 10.1. The zero-order chi connectivity index (χ0) is 15.0. The van der Waals surface area contributed by atoms with Gasteiger partial charge in [0.05, 0.1) is 11.4 Å². The minimum atomic E-state index is -0.237. The van der Waals surface area contributed by atoms with Crippen molar-refractivity contribution in [3.8, 4) is 16.9 Å². The van der Waals surface area contributed by atoms with Crippen LogP contribution in [0.25, 0.3) is 16.9 Å². The molecule has 0 saturated carbocycles. The van der Waals surface area contributed by atoms with E-state index < -0.39 is 0 Å². The summed E-state index contributed by atoms with van der Waals surface area (Å²) in [6.45, 7) is 1.95. The highest BCUT2D eigenvalue weighted by Crippen LogP contribution is 2.23. The molecule has 0 aliphatic heterocycles. The minimum absolute atomic E-state index is 0.225. The number of halogens is 1. The van der Waals surface area contributed by atoms with Crippen LogP contribution in [0.4, 0.5) is 5.69 Å². The van der Waals surface area contributed by atoms with Crippen molar-refractivity contribution >= 4 is 21.6 Å². The van der Waals surface area contributed by atoms with Gasteiger partial charge in [-0.2, -0.15) is 0 Å². The molecule has 0 bridgehead atoms. The van der Waals surface area contributed by atoms with Gasteiger partial charge in [-0.25, -0.2) is 4.68 Å². The summed E-state index contributed by atoms with van der Waals surface area (Å²) in [7, 11) is 0. The average Bonchev–Trinajstić information content (AvgIpc) is 2.77. The van der Waals surface area contributed by atoms with Crippen LogP contribution in [0.5, 0.6) is 0 Å². The molecule has 4 nitrogen and oxygen atoms in total. The molecule has 21 heavy (non-hydrogen) atoms. The number of hydrogen-bond donors (Lipinski definition) is 2. The molecule has 5 heteroatoms. The molecule has 3 rings (SSSR count). The van der Waals surface area contributed by atoms with Crippen LogP contribution in [0, 0.1) is 6.92 Å². The number of anilines is 1. The zero-order valence-electron chi connectivity index (χ0n) is 11.4. The van der Waals surface area contributed by atoms with E-state index in [0.717, 1.165) is 21.3 Å². The lowest BCUT2D eigenvalue weighted by Gasteiger charge is -2.06. The van der Waals surface area contributed by atoms with Crippen LogP contribution in [0.3, 0.4) is 0 Å². The van der Waals surface area contributed by atoms with Gasteiger partial charge in [0, 0.05) is 10.0 Å². The van der Waals surface area contributed by atoms with E-state index in [4.69, 9.17) is 5.73 Å². The highest BCUT2D eigenvalue weighted by molar-refractivity contribution is 9.10. The van der Waals surface area contributed by atoms with Gasteiger partial charge in [0.25, 0.3) is 5.56 Å². The standard InChI is InChI=1S/C16H14BrN3O/c1-10-9-12(17)7-8-13(10)20-16(21)14(18)15(19-20)11-5-3-2-4-6-11/h2-9,19H,18H2,1H3. The first-order valence-corrected chi connectivity index (χ1v) is 7.29. The quantitative estimate of drug-likeness (QED) is 0.748. The van der Waals surface area contributed by atoms with Gasteiger partial charge >= 0.3 is 0 Å². The number of benzene rings is 2. The van der Waals surface area contributed by atoms with Crippen LogP contribution in [0.1, 0.15) is 5.56 Å². The molecule has 0 fully saturated rings. The second-order valence-corrected chi connectivity index (χ2v) is 5.75. The average molecular weight is 344 g/mol. The maximum Gasteiger partial charge on any atom is 0.295 e. The first-order valence-electron chi connectivity index (χ1n) is 6.50. The van der Waals surface area contributed by atoms with Crippen molar-refractivity contribution in [3.63, 3.8) is 0 Å². The Hall–Kier alpha value is -2.27. The number of H-pyrrole nitrogens is 1. The number of nitrogens with two attached hydrogens (primary N) is 1. The van der Waals surface area contributed by atoms with Crippen molar-refractivity contribution in [3.05, 3.63) is 68.9 Å². The number of nitrogens with one attached hydrogen (secondary N) is 1.